The first-order valence-corrected chi connectivity index (χ1v) is 8.82. The second-order valence-corrected chi connectivity index (χ2v) is 8.44. The summed E-state index contributed by atoms with van der Waals surface area (Å²) in [5.41, 5.74) is 0. The van der Waals surface area contributed by atoms with E-state index < -0.39 is 34.3 Å². The Labute approximate surface area is 90.3 Å². The van der Waals surface area contributed by atoms with E-state index >= 15 is 0 Å². The van der Waals surface area contributed by atoms with Crippen molar-refractivity contribution in [3.8, 4) is 0 Å². The third-order valence-corrected chi connectivity index (χ3v) is 5.55. The van der Waals surface area contributed by atoms with E-state index in [2.05, 4.69) is 0 Å². The minimum Gasteiger partial charge on any atom is -0.324 e. The summed E-state index contributed by atoms with van der Waals surface area (Å²) >= 11 is 0. The van der Waals surface area contributed by atoms with E-state index in [0.29, 0.717) is 12.2 Å². The van der Waals surface area contributed by atoms with E-state index in [1.54, 1.807) is 0 Å². The Hall–Kier alpha value is 0.190. The van der Waals surface area contributed by atoms with Crippen molar-refractivity contribution in [2.45, 2.75) is 5.40 Å². The average Bonchev–Trinajstić information content (AvgIpc) is 1.90. The number of hydrogen-bond donors (Lipinski definition) is 6. The maximum Gasteiger partial charge on any atom is 0.344 e. The third kappa shape index (κ3) is 6.70. The van der Waals surface area contributed by atoms with Gasteiger partial charge in [0.05, 0.1) is 6.16 Å². The highest BCUT2D eigenvalue weighted by Gasteiger charge is 2.41. The topological polar surface area (TPSA) is 173 Å². The lowest BCUT2D eigenvalue weighted by molar-refractivity contribution is 0.346. The van der Waals surface area contributed by atoms with Crippen LogP contribution in [0, 0.1) is 0 Å². The van der Waals surface area contributed by atoms with Gasteiger partial charge in [0, 0.05) is 0 Å². The van der Waals surface area contributed by atoms with Crippen molar-refractivity contribution in [2.24, 2.45) is 0 Å². The first kappa shape index (κ1) is 16.2. The fraction of sp³-hybridized carbons (Fsp3) is 0.500. The van der Waals surface area contributed by atoms with Gasteiger partial charge < -0.3 is 29.4 Å². The second kappa shape index (κ2) is 5.23. The van der Waals surface area contributed by atoms with Gasteiger partial charge in [0.25, 0.3) is 0 Å². The number of rotatable bonds is 5. The molecule has 0 heterocycles. The summed E-state index contributed by atoms with van der Waals surface area (Å²) in [4.78, 5) is 51.3. The standard InChI is InChI=1S/C4H11O9P3/c5-14(6,7)3-1-2-4(15(8,9)10)16(11,12)13/h1-2,4H,3H2,(H2,5,6,7)(H2,8,9,10)(H2,11,12,13). The van der Waals surface area contributed by atoms with Crippen LogP contribution in [0.4, 0.5) is 0 Å². The van der Waals surface area contributed by atoms with Crippen LogP contribution >= 0.6 is 22.8 Å². The Morgan fingerprint density at radius 3 is 1.50 bits per heavy atom. The predicted octanol–water partition coefficient (Wildman–Crippen LogP) is -0.598. The SMILES string of the molecule is O=P(O)(O)CC=CC(P(=O)(O)O)P(=O)(O)O. The van der Waals surface area contributed by atoms with Crippen LogP contribution in [0.5, 0.6) is 0 Å². The lowest BCUT2D eigenvalue weighted by atomic mass is 10.6. The van der Waals surface area contributed by atoms with Crippen molar-refractivity contribution in [1.82, 2.24) is 0 Å². The van der Waals surface area contributed by atoms with Crippen molar-refractivity contribution in [3.63, 3.8) is 0 Å². The molecule has 0 saturated heterocycles. The molecule has 0 unspecified atom stereocenters. The minimum atomic E-state index is -5.08. The zero-order valence-corrected chi connectivity index (χ0v) is 10.4. The molecule has 96 valence electrons. The Kier molecular flexibility index (Phi) is 5.29. The number of hydrogen-bond acceptors (Lipinski definition) is 3. The van der Waals surface area contributed by atoms with Crippen LogP contribution < -0.4 is 0 Å². The predicted molar refractivity (Wildman–Crippen MR) is 53.9 cm³/mol. The fourth-order valence-corrected chi connectivity index (χ4v) is 3.40. The van der Waals surface area contributed by atoms with Gasteiger partial charge in [-0.2, -0.15) is 0 Å². The van der Waals surface area contributed by atoms with Crippen molar-refractivity contribution in [2.75, 3.05) is 6.16 Å². The maximum absolute atomic E-state index is 10.7. The summed E-state index contributed by atoms with van der Waals surface area (Å²) in [6.07, 6.45) is 0.188. The van der Waals surface area contributed by atoms with Crippen molar-refractivity contribution in [3.05, 3.63) is 12.2 Å². The molecule has 16 heavy (non-hydrogen) atoms. The molecule has 0 bridgehead atoms. The Morgan fingerprint density at radius 2 is 1.25 bits per heavy atom. The van der Waals surface area contributed by atoms with E-state index in [9.17, 15) is 13.7 Å². The lowest BCUT2D eigenvalue weighted by Crippen LogP contribution is -2.05. The van der Waals surface area contributed by atoms with Crippen molar-refractivity contribution < 1.29 is 43.1 Å². The second-order valence-electron chi connectivity index (χ2n) is 2.87. The fourth-order valence-electron chi connectivity index (χ4n) is 0.740. The van der Waals surface area contributed by atoms with Crippen LogP contribution in [0.2, 0.25) is 0 Å². The molecule has 12 heteroatoms. The summed E-state index contributed by atoms with van der Waals surface area (Å²) in [6.45, 7) is 0. The molecule has 0 rings (SSSR count). The van der Waals surface area contributed by atoms with Gasteiger partial charge in [0.15, 0.2) is 5.40 Å². The van der Waals surface area contributed by atoms with E-state index in [0.717, 1.165) is 0 Å². The Morgan fingerprint density at radius 1 is 0.875 bits per heavy atom. The van der Waals surface area contributed by atoms with Gasteiger partial charge in [-0.05, 0) is 0 Å². The van der Waals surface area contributed by atoms with E-state index in [1.165, 1.54) is 0 Å². The number of allylic oxidation sites excluding steroid dienone is 2. The van der Waals surface area contributed by atoms with Crippen molar-refractivity contribution in [1.29, 1.82) is 0 Å². The largest absolute Gasteiger partial charge is 0.344 e. The van der Waals surface area contributed by atoms with E-state index in [-0.39, 0.29) is 0 Å². The van der Waals surface area contributed by atoms with Crippen LogP contribution in [-0.4, -0.2) is 40.9 Å². The molecule has 0 fully saturated rings. The Bertz CT molecular complexity index is 373. The van der Waals surface area contributed by atoms with Crippen LogP contribution in [0.3, 0.4) is 0 Å². The molecule has 0 aliphatic rings. The summed E-state index contributed by atoms with van der Waals surface area (Å²) in [7, 11) is -14.6. The highest BCUT2D eigenvalue weighted by atomic mass is 31.2. The quantitative estimate of drug-likeness (QED) is 0.286. The van der Waals surface area contributed by atoms with Gasteiger partial charge in [-0.25, -0.2) is 0 Å². The van der Waals surface area contributed by atoms with Gasteiger partial charge in [0.2, 0.25) is 0 Å². The molecule has 0 aromatic rings. The first-order valence-electron chi connectivity index (χ1n) is 3.66. The molecule has 0 saturated carbocycles. The molecule has 0 radical (unpaired) electrons. The monoisotopic (exact) mass is 296 g/mol. The minimum absolute atomic E-state index is 0.417. The molecule has 0 spiro atoms. The van der Waals surface area contributed by atoms with Crippen LogP contribution in [0.15, 0.2) is 12.2 Å². The average molecular weight is 296 g/mol. The van der Waals surface area contributed by atoms with Crippen molar-refractivity contribution >= 4 is 22.8 Å². The molecule has 0 aromatic carbocycles. The normalized spacial score (nSPS) is 14.9. The summed E-state index contributed by atoms with van der Waals surface area (Å²) in [5.74, 6) is 0. The molecule has 0 atom stereocenters. The molecule has 0 aromatic heterocycles. The lowest BCUT2D eigenvalue weighted by Gasteiger charge is -2.15. The zero-order chi connectivity index (χ0) is 13.2. The van der Waals surface area contributed by atoms with Gasteiger partial charge in [0.1, 0.15) is 0 Å². The molecule has 9 nitrogen and oxygen atoms in total. The summed E-state index contributed by atoms with van der Waals surface area (Å²) in [6, 6.07) is 0. The van der Waals surface area contributed by atoms with Gasteiger partial charge in [-0.3, -0.25) is 13.7 Å². The van der Waals surface area contributed by atoms with Crippen LogP contribution in [0.25, 0.3) is 0 Å². The summed E-state index contributed by atoms with van der Waals surface area (Å²) < 4.78 is 31.7. The molecular formula is C4H11O9P3. The highest BCUT2D eigenvalue weighted by Crippen LogP contribution is 2.60. The van der Waals surface area contributed by atoms with Gasteiger partial charge in [-0.15, -0.1) is 0 Å². The smallest absolute Gasteiger partial charge is 0.324 e. The Balaban J connectivity index is 4.93. The molecular weight excluding hydrogens is 285 g/mol. The summed E-state index contributed by atoms with van der Waals surface area (Å²) in [5, 5.41) is -2.38. The molecule has 6 N–H and O–H groups in total. The zero-order valence-electron chi connectivity index (χ0n) is 7.69. The molecule has 0 amide bonds. The maximum atomic E-state index is 10.7. The third-order valence-electron chi connectivity index (χ3n) is 1.34. The van der Waals surface area contributed by atoms with Crippen LogP contribution in [-0.2, 0) is 13.7 Å². The van der Waals surface area contributed by atoms with Gasteiger partial charge >= 0.3 is 22.8 Å². The van der Waals surface area contributed by atoms with Gasteiger partial charge in [-0.1, -0.05) is 12.2 Å². The highest BCUT2D eigenvalue weighted by molar-refractivity contribution is 7.71. The molecule has 0 aliphatic heterocycles. The van der Waals surface area contributed by atoms with Crippen LogP contribution in [0.1, 0.15) is 0 Å². The van der Waals surface area contributed by atoms with E-state index in [4.69, 9.17) is 29.4 Å². The first-order chi connectivity index (χ1) is 6.84. The van der Waals surface area contributed by atoms with E-state index in [1.807, 2.05) is 0 Å². The molecule has 0 aliphatic carbocycles.